The van der Waals surface area contributed by atoms with Crippen molar-refractivity contribution >= 4 is 0 Å². The average molecular weight is 444 g/mol. The maximum absolute atomic E-state index is 2.40. The maximum Gasteiger partial charge on any atom is 0.0227 e. The van der Waals surface area contributed by atoms with Crippen LogP contribution in [0.1, 0.15) is 146 Å². The summed E-state index contributed by atoms with van der Waals surface area (Å²) in [5, 5.41) is 0. The molecule has 1 heteroatoms. The Morgan fingerprint density at radius 3 is 1.28 bits per heavy atom. The molecule has 0 radical (unpaired) electrons. The first-order valence-corrected chi connectivity index (χ1v) is 14.4. The molecule has 32 heavy (non-hydrogen) atoms. The summed E-state index contributed by atoms with van der Waals surface area (Å²) in [6.45, 7) is 3.35. The summed E-state index contributed by atoms with van der Waals surface area (Å²) in [4.78, 5) is 2.25. The van der Waals surface area contributed by atoms with Crippen molar-refractivity contribution in [2.75, 3.05) is 14.1 Å². The number of hydrogen-bond donors (Lipinski definition) is 0. The van der Waals surface area contributed by atoms with Crippen LogP contribution < -0.4 is 0 Å². The Morgan fingerprint density at radius 2 is 0.875 bits per heavy atom. The predicted molar refractivity (Wildman–Crippen MR) is 146 cm³/mol. The summed E-state index contributed by atoms with van der Waals surface area (Å²) in [6.07, 6.45) is 30.3. The second kappa shape index (κ2) is 22.0. The average Bonchev–Trinajstić information content (AvgIpc) is 2.77. The largest absolute Gasteiger partial charge is 0.305 e. The first kappa shape index (κ1) is 29.2. The molecule has 0 aromatic heterocycles. The fourth-order valence-electron chi connectivity index (χ4n) is 4.83. The molecule has 186 valence electrons. The van der Waals surface area contributed by atoms with Crippen LogP contribution in [0.2, 0.25) is 0 Å². The second-order valence-corrected chi connectivity index (χ2v) is 10.5. The standard InChI is InChI=1S/C31H57N/c1-4-5-6-7-8-9-10-11-12-13-14-15-16-17-18-19-20-21-22-23-25-30-26-24-27-31(28-30)29-32(2)3/h24,26-28H,4-23,25,29H2,1-3H3. The lowest BCUT2D eigenvalue weighted by Gasteiger charge is -2.11. The zero-order chi connectivity index (χ0) is 23.1. The lowest BCUT2D eigenvalue weighted by atomic mass is 10.0. The van der Waals surface area contributed by atoms with Crippen LogP contribution in [0.5, 0.6) is 0 Å². The Labute approximate surface area is 202 Å². The molecule has 0 bridgehead atoms. The molecule has 1 nitrogen and oxygen atoms in total. The highest BCUT2D eigenvalue weighted by atomic mass is 15.0. The second-order valence-electron chi connectivity index (χ2n) is 10.5. The van der Waals surface area contributed by atoms with E-state index in [9.17, 15) is 0 Å². The fraction of sp³-hybridized carbons (Fsp3) is 0.806. The third-order valence-corrected chi connectivity index (χ3v) is 6.81. The highest BCUT2D eigenvalue weighted by molar-refractivity contribution is 5.23. The molecule has 0 aliphatic carbocycles. The molecule has 0 saturated heterocycles. The van der Waals surface area contributed by atoms with Gasteiger partial charge in [-0.1, -0.05) is 153 Å². The van der Waals surface area contributed by atoms with Gasteiger partial charge in [-0.3, -0.25) is 0 Å². The van der Waals surface area contributed by atoms with Crippen LogP contribution in [0.3, 0.4) is 0 Å². The minimum atomic E-state index is 1.05. The number of rotatable bonds is 23. The molecule has 0 amide bonds. The zero-order valence-corrected chi connectivity index (χ0v) is 22.3. The Morgan fingerprint density at radius 1 is 0.500 bits per heavy atom. The molecule has 0 fully saturated rings. The minimum absolute atomic E-state index is 1.05. The van der Waals surface area contributed by atoms with E-state index in [-0.39, 0.29) is 0 Å². The van der Waals surface area contributed by atoms with Crippen LogP contribution in [-0.2, 0) is 13.0 Å². The van der Waals surface area contributed by atoms with Crippen LogP contribution in [0.4, 0.5) is 0 Å². The van der Waals surface area contributed by atoms with Crippen molar-refractivity contribution in [2.24, 2.45) is 0 Å². The summed E-state index contributed by atoms with van der Waals surface area (Å²) in [5.74, 6) is 0. The SMILES string of the molecule is CCCCCCCCCCCCCCCCCCCCCCc1cccc(CN(C)C)c1. The highest BCUT2D eigenvalue weighted by Crippen LogP contribution is 2.16. The van der Waals surface area contributed by atoms with Gasteiger partial charge in [0, 0.05) is 6.54 Å². The number of unbranched alkanes of at least 4 members (excludes halogenated alkanes) is 19. The van der Waals surface area contributed by atoms with Gasteiger partial charge in [-0.2, -0.15) is 0 Å². The van der Waals surface area contributed by atoms with E-state index in [4.69, 9.17) is 0 Å². The topological polar surface area (TPSA) is 3.24 Å². The van der Waals surface area contributed by atoms with Crippen molar-refractivity contribution in [1.29, 1.82) is 0 Å². The monoisotopic (exact) mass is 443 g/mol. The third-order valence-electron chi connectivity index (χ3n) is 6.81. The number of benzene rings is 1. The van der Waals surface area contributed by atoms with Gasteiger partial charge in [0.25, 0.3) is 0 Å². The van der Waals surface area contributed by atoms with E-state index in [1.54, 1.807) is 0 Å². The van der Waals surface area contributed by atoms with Gasteiger partial charge in [0.15, 0.2) is 0 Å². The Hall–Kier alpha value is -0.820. The summed E-state index contributed by atoms with van der Waals surface area (Å²) in [7, 11) is 4.29. The molecule has 0 aliphatic heterocycles. The minimum Gasteiger partial charge on any atom is -0.305 e. The zero-order valence-electron chi connectivity index (χ0n) is 22.3. The summed E-state index contributed by atoms with van der Waals surface area (Å²) < 4.78 is 0. The molecule has 1 aromatic carbocycles. The molecular formula is C31H57N. The number of nitrogens with zero attached hydrogens (tertiary/aromatic N) is 1. The molecule has 0 spiro atoms. The Kier molecular flexibility index (Phi) is 20.1. The van der Waals surface area contributed by atoms with Crippen molar-refractivity contribution < 1.29 is 0 Å². The van der Waals surface area contributed by atoms with Crippen molar-refractivity contribution in [1.82, 2.24) is 4.90 Å². The van der Waals surface area contributed by atoms with Crippen molar-refractivity contribution in [3.05, 3.63) is 35.4 Å². The van der Waals surface area contributed by atoms with E-state index in [0.717, 1.165) is 6.54 Å². The fourth-order valence-corrected chi connectivity index (χ4v) is 4.83. The smallest absolute Gasteiger partial charge is 0.0227 e. The quantitative estimate of drug-likeness (QED) is 0.152. The van der Waals surface area contributed by atoms with E-state index in [1.165, 1.54) is 146 Å². The molecular weight excluding hydrogens is 386 g/mol. The van der Waals surface area contributed by atoms with Gasteiger partial charge < -0.3 is 4.90 Å². The van der Waals surface area contributed by atoms with Crippen LogP contribution in [0, 0.1) is 0 Å². The van der Waals surface area contributed by atoms with Gasteiger partial charge in [-0.15, -0.1) is 0 Å². The van der Waals surface area contributed by atoms with E-state index in [0.29, 0.717) is 0 Å². The van der Waals surface area contributed by atoms with Gasteiger partial charge in [0.05, 0.1) is 0 Å². The van der Waals surface area contributed by atoms with Gasteiger partial charge in [0.2, 0.25) is 0 Å². The Balaban J connectivity index is 1.78. The molecule has 0 aliphatic rings. The molecule has 0 unspecified atom stereocenters. The number of hydrogen-bond acceptors (Lipinski definition) is 1. The molecule has 0 atom stereocenters. The van der Waals surface area contributed by atoms with Crippen LogP contribution >= 0.6 is 0 Å². The lowest BCUT2D eigenvalue weighted by Crippen LogP contribution is -2.10. The normalized spacial score (nSPS) is 11.5. The van der Waals surface area contributed by atoms with Crippen molar-refractivity contribution in [3.8, 4) is 0 Å². The molecule has 0 saturated carbocycles. The lowest BCUT2D eigenvalue weighted by molar-refractivity contribution is 0.402. The third kappa shape index (κ3) is 18.7. The molecule has 0 heterocycles. The van der Waals surface area contributed by atoms with E-state index < -0.39 is 0 Å². The van der Waals surface area contributed by atoms with Crippen LogP contribution in [0.25, 0.3) is 0 Å². The van der Waals surface area contributed by atoms with Gasteiger partial charge in [-0.25, -0.2) is 0 Å². The van der Waals surface area contributed by atoms with Crippen LogP contribution in [-0.4, -0.2) is 19.0 Å². The van der Waals surface area contributed by atoms with Gasteiger partial charge in [0.1, 0.15) is 0 Å². The van der Waals surface area contributed by atoms with Crippen molar-refractivity contribution in [2.45, 2.75) is 148 Å². The predicted octanol–water partition coefficient (Wildman–Crippen LogP) is 10.1. The highest BCUT2D eigenvalue weighted by Gasteiger charge is 1.99. The van der Waals surface area contributed by atoms with Gasteiger partial charge in [-0.05, 0) is 38.1 Å². The summed E-state index contributed by atoms with van der Waals surface area (Å²) in [5.41, 5.74) is 2.97. The van der Waals surface area contributed by atoms with E-state index in [1.807, 2.05) is 0 Å². The molecule has 0 N–H and O–H groups in total. The maximum atomic E-state index is 2.40. The molecule has 1 rings (SSSR count). The van der Waals surface area contributed by atoms with Crippen LogP contribution in [0.15, 0.2) is 24.3 Å². The Bertz CT molecular complexity index is 507. The summed E-state index contributed by atoms with van der Waals surface area (Å²) in [6, 6.07) is 9.18. The van der Waals surface area contributed by atoms with Crippen molar-refractivity contribution in [3.63, 3.8) is 0 Å². The van der Waals surface area contributed by atoms with E-state index in [2.05, 4.69) is 50.2 Å². The van der Waals surface area contributed by atoms with E-state index >= 15 is 0 Å². The first-order valence-electron chi connectivity index (χ1n) is 14.4. The number of aryl methyl sites for hydroxylation is 1. The van der Waals surface area contributed by atoms with Gasteiger partial charge >= 0.3 is 0 Å². The first-order chi connectivity index (χ1) is 15.7. The molecule has 1 aromatic rings. The summed E-state index contributed by atoms with van der Waals surface area (Å²) >= 11 is 0.